The highest BCUT2D eigenvalue weighted by atomic mass is 35.5. The average Bonchev–Trinajstić information content (AvgIpc) is 2.52. The molecule has 0 aliphatic heterocycles. The summed E-state index contributed by atoms with van der Waals surface area (Å²) in [5, 5.41) is 0.146. The molecule has 1 aliphatic carbocycles. The van der Waals surface area contributed by atoms with Gasteiger partial charge in [-0.15, -0.1) is 0 Å². The van der Waals surface area contributed by atoms with E-state index < -0.39 is 5.82 Å². The predicted molar refractivity (Wildman–Crippen MR) is 63.5 cm³/mol. The van der Waals surface area contributed by atoms with Gasteiger partial charge < -0.3 is 4.74 Å². The average molecular weight is 243 g/mol. The van der Waals surface area contributed by atoms with Crippen molar-refractivity contribution in [2.24, 2.45) is 0 Å². The third-order valence-electron chi connectivity index (χ3n) is 3.00. The molecule has 0 unspecified atom stereocenters. The van der Waals surface area contributed by atoms with Crippen LogP contribution in [0.3, 0.4) is 0 Å². The van der Waals surface area contributed by atoms with E-state index in [2.05, 4.69) is 0 Å². The summed E-state index contributed by atoms with van der Waals surface area (Å²) in [4.78, 5) is 0. The van der Waals surface area contributed by atoms with Gasteiger partial charge in [0.2, 0.25) is 0 Å². The number of hydrogen-bond donors (Lipinski definition) is 0. The second-order valence-corrected chi connectivity index (χ2v) is 4.71. The molecular weight excluding hydrogens is 227 g/mol. The Morgan fingerprint density at radius 1 is 1.12 bits per heavy atom. The molecule has 1 nitrogen and oxygen atoms in total. The number of hydrogen-bond acceptors (Lipinski definition) is 1. The van der Waals surface area contributed by atoms with Gasteiger partial charge in [-0.1, -0.05) is 24.4 Å². The van der Waals surface area contributed by atoms with Crippen molar-refractivity contribution in [2.45, 2.75) is 44.6 Å². The minimum atomic E-state index is -0.409. The van der Waals surface area contributed by atoms with Crippen molar-refractivity contribution in [1.29, 1.82) is 0 Å². The highest BCUT2D eigenvalue weighted by molar-refractivity contribution is 6.30. The quantitative estimate of drug-likeness (QED) is 0.690. The lowest BCUT2D eigenvalue weighted by atomic mass is 10.1. The Morgan fingerprint density at radius 2 is 1.81 bits per heavy atom. The van der Waals surface area contributed by atoms with Gasteiger partial charge in [0.05, 0.1) is 11.1 Å². The molecule has 0 bridgehead atoms. The summed E-state index contributed by atoms with van der Waals surface area (Å²) in [7, 11) is 0. The van der Waals surface area contributed by atoms with Gasteiger partial charge in [0.15, 0.2) is 0 Å². The molecule has 3 heteroatoms. The van der Waals surface area contributed by atoms with Crippen LogP contribution in [0, 0.1) is 5.82 Å². The molecule has 0 atom stereocenters. The highest BCUT2D eigenvalue weighted by Crippen LogP contribution is 2.25. The van der Waals surface area contributed by atoms with Crippen LogP contribution in [-0.2, 0) is 0 Å². The molecule has 0 radical (unpaired) electrons. The maximum Gasteiger partial charge on any atom is 0.145 e. The van der Waals surface area contributed by atoms with Gasteiger partial charge >= 0.3 is 0 Å². The van der Waals surface area contributed by atoms with Crippen molar-refractivity contribution < 1.29 is 9.13 Å². The summed E-state index contributed by atoms with van der Waals surface area (Å²) < 4.78 is 19.0. The molecule has 0 N–H and O–H groups in total. The number of halogens is 2. The van der Waals surface area contributed by atoms with Crippen molar-refractivity contribution in [2.75, 3.05) is 0 Å². The van der Waals surface area contributed by atoms with Crippen molar-refractivity contribution >= 4 is 11.6 Å². The standard InChI is InChI=1S/C13H16ClFO/c14-12-8-7-11(9-13(12)15)16-10-5-3-1-2-4-6-10/h7-10H,1-6H2. The first kappa shape index (κ1) is 11.7. The zero-order valence-corrected chi connectivity index (χ0v) is 9.97. The van der Waals surface area contributed by atoms with Crippen LogP contribution in [-0.4, -0.2) is 6.10 Å². The van der Waals surface area contributed by atoms with Crippen LogP contribution in [0.15, 0.2) is 18.2 Å². The first-order valence-corrected chi connectivity index (χ1v) is 6.25. The molecule has 0 aromatic heterocycles. The highest BCUT2D eigenvalue weighted by Gasteiger charge is 2.14. The summed E-state index contributed by atoms with van der Waals surface area (Å²) in [6.07, 6.45) is 7.38. The van der Waals surface area contributed by atoms with Crippen LogP contribution >= 0.6 is 11.6 Å². The second kappa shape index (κ2) is 5.53. The molecule has 88 valence electrons. The summed E-state index contributed by atoms with van der Waals surface area (Å²) in [5.41, 5.74) is 0. The molecule has 16 heavy (non-hydrogen) atoms. The molecule has 0 spiro atoms. The van der Waals surface area contributed by atoms with Crippen LogP contribution in [0.2, 0.25) is 5.02 Å². The third kappa shape index (κ3) is 3.11. The van der Waals surface area contributed by atoms with Gasteiger partial charge in [0, 0.05) is 6.07 Å². The number of benzene rings is 1. The van der Waals surface area contributed by atoms with E-state index in [1.54, 1.807) is 12.1 Å². The van der Waals surface area contributed by atoms with Crippen molar-refractivity contribution in [3.8, 4) is 5.75 Å². The summed E-state index contributed by atoms with van der Waals surface area (Å²) in [6.45, 7) is 0. The second-order valence-electron chi connectivity index (χ2n) is 4.31. The predicted octanol–water partition coefficient (Wildman–Crippen LogP) is 4.58. The summed E-state index contributed by atoms with van der Waals surface area (Å²) in [5.74, 6) is 0.182. The van der Waals surface area contributed by atoms with Crippen LogP contribution in [0.1, 0.15) is 38.5 Å². The van der Waals surface area contributed by atoms with Crippen LogP contribution in [0.4, 0.5) is 4.39 Å². The topological polar surface area (TPSA) is 9.23 Å². The first-order chi connectivity index (χ1) is 7.75. The van der Waals surface area contributed by atoms with E-state index in [-0.39, 0.29) is 11.1 Å². The zero-order valence-electron chi connectivity index (χ0n) is 9.22. The molecule has 0 saturated heterocycles. The minimum absolute atomic E-state index is 0.146. The number of rotatable bonds is 2. The van der Waals surface area contributed by atoms with E-state index in [1.807, 2.05) is 0 Å². The Labute approximate surface area is 101 Å². The Kier molecular flexibility index (Phi) is 4.05. The lowest BCUT2D eigenvalue weighted by molar-refractivity contribution is 0.183. The van der Waals surface area contributed by atoms with Gasteiger partial charge in [0.25, 0.3) is 0 Å². The minimum Gasteiger partial charge on any atom is -0.490 e. The van der Waals surface area contributed by atoms with Gasteiger partial charge in [0.1, 0.15) is 11.6 Å². The third-order valence-corrected chi connectivity index (χ3v) is 3.30. The van der Waals surface area contributed by atoms with Gasteiger partial charge in [-0.25, -0.2) is 4.39 Å². The fourth-order valence-corrected chi connectivity index (χ4v) is 2.22. The fourth-order valence-electron chi connectivity index (χ4n) is 2.10. The number of ether oxygens (including phenoxy) is 1. The SMILES string of the molecule is Fc1cc(OC2CCCCCC2)ccc1Cl. The Hall–Kier alpha value is -0.760. The molecule has 1 fully saturated rings. The van der Waals surface area contributed by atoms with Crippen molar-refractivity contribution in [3.05, 3.63) is 29.0 Å². The lowest BCUT2D eigenvalue weighted by Gasteiger charge is -2.16. The Balaban J connectivity index is 1.99. The summed E-state index contributed by atoms with van der Waals surface area (Å²) in [6, 6.07) is 4.65. The normalized spacial score (nSPS) is 18.1. The molecule has 0 heterocycles. The first-order valence-electron chi connectivity index (χ1n) is 5.87. The van der Waals surface area contributed by atoms with E-state index in [0.29, 0.717) is 5.75 Å². The molecular formula is C13H16ClFO. The van der Waals surface area contributed by atoms with Gasteiger partial charge in [-0.3, -0.25) is 0 Å². The van der Waals surface area contributed by atoms with Crippen molar-refractivity contribution in [1.82, 2.24) is 0 Å². The maximum absolute atomic E-state index is 13.2. The van der Waals surface area contributed by atoms with E-state index in [4.69, 9.17) is 16.3 Å². The molecule has 1 saturated carbocycles. The van der Waals surface area contributed by atoms with E-state index in [1.165, 1.54) is 31.7 Å². The Bertz CT molecular complexity index is 346. The summed E-state index contributed by atoms with van der Waals surface area (Å²) >= 11 is 5.62. The van der Waals surface area contributed by atoms with Gasteiger partial charge in [-0.05, 0) is 37.8 Å². The van der Waals surface area contributed by atoms with E-state index in [0.717, 1.165) is 12.8 Å². The molecule has 0 amide bonds. The largest absolute Gasteiger partial charge is 0.490 e. The maximum atomic E-state index is 13.2. The lowest BCUT2D eigenvalue weighted by Crippen LogP contribution is -2.15. The monoisotopic (exact) mass is 242 g/mol. The van der Waals surface area contributed by atoms with Crippen LogP contribution in [0.25, 0.3) is 0 Å². The Morgan fingerprint density at radius 3 is 2.44 bits per heavy atom. The molecule has 1 aromatic rings. The van der Waals surface area contributed by atoms with E-state index in [9.17, 15) is 4.39 Å². The zero-order chi connectivity index (χ0) is 11.4. The van der Waals surface area contributed by atoms with Crippen molar-refractivity contribution in [3.63, 3.8) is 0 Å². The van der Waals surface area contributed by atoms with Crippen LogP contribution < -0.4 is 4.74 Å². The fraction of sp³-hybridized carbons (Fsp3) is 0.538. The molecule has 2 rings (SSSR count). The molecule has 1 aromatic carbocycles. The van der Waals surface area contributed by atoms with Gasteiger partial charge in [-0.2, -0.15) is 0 Å². The van der Waals surface area contributed by atoms with E-state index >= 15 is 0 Å². The van der Waals surface area contributed by atoms with Crippen LogP contribution in [0.5, 0.6) is 5.75 Å². The smallest absolute Gasteiger partial charge is 0.145 e. The molecule has 1 aliphatic rings.